The first-order chi connectivity index (χ1) is 11.1. The number of hydrogen-bond donors (Lipinski definition) is 0. The molecule has 1 aromatic heterocycles. The first kappa shape index (κ1) is 16.3. The third-order valence-corrected chi connectivity index (χ3v) is 4.98. The minimum Gasteiger partial charge on any atom is -0.372 e. The van der Waals surface area contributed by atoms with Gasteiger partial charge < -0.3 is 9.64 Å². The van der Waals surface area contributed by atoms with Crippen LogP contribution in [-0.2, 0) is 10.5 Å². The molecule has 2 heterocycles. The van der Waals surface area contributed by atoms with E-state index < -0.39 is 0 Å². The molecule has 0 amide bonds. The van der Waals surface area contributed by atoms with E-state index >= 15 is 0 Å². The van der Waals surface area contributed by atoms with Gasteiger partial charge in [-0.05, 0) is 31.9 Å². The fraction of sp³-hybridized carbons (Fsp3) is 0.444. The first-order valence-corrected chi connectivity index (χ1v) is 9.00. The summed E-state index contributed by atoms with van der Waals surface area (Å²) in [6, 6.07) is 10.6. The predicted molar refractivity (Wildman–Crippen MR) is 95.0 cm³/mol. The summed E-state index contributed by atoms with van der Waals surface area (Å²) >= 11 is 1.76. The summed E-state index contributed by atoms with van der Waals surface area (Å²) in [6.45, 7) is 8.12. The van der Waals surface area contributed by atoms with E-state index in [9.17, 15) is 0 Å². The van der Waals surface area contributed by atoms with E-state index in [1.165, 1.54) is 11.1 Å². The van der Waals surface area contributed by atoms with Crippen molar-refractivity contribution in [2.24, 2.45) is 0 Å². The maximum Gasteiger partial charge on any atom is 0.133 e. The molecule has 5 heteroatoms. The second-order valence-electron chi connectivity index (χ2n) is 6.09. The molecule has 0 spiro atoms. The number of morpholine rings is 1. The molecule has 0 saturated carbocycles. The Labute approximate surface area is 142 Å². The molecule has 4 nitrogen and oxygen atoms in total. The van der Waals surface area contributed by atoms with Crippen molar-refractivity contribution in [3.05, 3.63) is 47.8 Å². The fourth-order valence-corrected chi connectivity index (χ4v) is 3.81. The average molecular weight is 329 g/mol. The summed E-state index contributed by atoms with van der Waals surface area (Å²) in [4.78, 5) is 11.2. The van der Waals surface area contributed by atoms with Crippen molar-refractivity contribution in [2.75, 3.05) is 18.0 Å². The topological polar surface area (TPSA) is 38.2 Å². The molecule has 2 atom stereocenters. The molecule has 0 radical (unpaired) electrons. The zero-order valence-electron chi connectivity index (χ0n) is 13.9. The lowest BCUT2D eigenvalue weighted by Gasteiger charge is -2.36. The first-order valence-electron chi connectivity index (χ1n) is 8.01. The molecular formula is C18H23N3OS. The van der Waals surface area contributed by atoms with E-state index in [0.29, 0.717) is 0 Å². The minimum absolute atomic E-state index is 0.233. The van der Waals surface area contributed by atoms with Crippen molar-refractivity contribution in [2.45, 2.75) is 43.8 Å². The molecule has 0 N–H and O–H groups in total. The van der Waals surface area contributed by atoms with Gasteiger partial charge in [0.15, 0.2) is 0 Å². The van der Waals surface area contributed by atoms with Gasteiger partial charge in [-0.3, -0.25) is 0 Å². The Hall–Kier alpha value is -1.59. The zero-order valence-corrected chi connectivity index (χ0v) is 14.7. The maximum atomic E-state index is 5.80. The van der Waals surface area contributed by atoms with E-state index in [4.69, 9.17) is 4.74 Å². The van der Waals surface area contributed by atoms with Gasteiger partial charge in [-0.1, -0.05) is 24.3 Å². The molecule has 2 unspecified atom stereocenters. The molecule has 1 aromatic carbocycles. The van der Waals surface area contributed by atoms with Gasteiger partial charge in [-0.2, -0.15) is 0 Å². The quantitative estimate of drug-likeness (QED) is 0.632. The Morgan fingerprint density at radius 1 is 1.17 bits per heavy atom. The van der Waals surface area contributed by atoms with Gasteiger partial charge in [0.25, 0.3) is 0 Å². The molecule has 122 valence electrons. The number of aryl methyl sites for hydroxylation is 1. The van der Waals surface area contributed by atoms with Crippen LogP contribution in [0.1, 0.15) is 25.0 Å². The Kier molecular flexibility index (Phi) is 5.18. The lowest BCUT2D eigenvalue weighted by molar-refractivity contribution is -0.00548. The van der Waals surface area contributed by atoms with Crippen molar-refractivity contribution in [3.8, 4) is 0 Å². The van der Waals surface area contributed by atoms with E-state index in [1.54, 1.807) is 18.1 Å². The second-order valence-corrected chi connectivity index (χ2v) is 7.09. The van der Waals surface area contributed by atoms with Crippen LogP contribution in [0.2, 0.25) is 0 Å². The van der Waals surface area contributed by atoms with E-state index in [0.717, 1.165) is 29.7 Å². The van der Waals surface area contributed by atoms with E-state index in [2.05, 4.69) is 66.0 Å². The smallest absolute Gasteiger partial charge is 0.133 e. The molecule has 2 aromatic rings. The number of aromatic nitrogens is 2. The molecule has 1 fully saturated rings. The number of thioether (sulfide) groups is 1. The summed E-state index contributed by atoms with van der Waals surface area (Å²) in [5, 5.41) is 1.02. The summed E-state index contributed by atoms with van der Waals surface area (Å²) in [5.41, 5.74) is 2.68. The lowest BCUT2D eigenvalue weighted by Crippen LogP contribution is -2.45. The summed E-state index contributed by atoms with van der Waals surface area (Å²) < 4.78 is 5.80. The second kappa shape index (κ2) is 7.32. The highest BCUT2D eigenvalue weighted by molar-refractivity contribution is 7.98. The number of ether oxygens (including phenoxy) is 1. The Balaban J connectivity index is 1.69. The maximum absolute atomic E-state index is 5.80. The van der Waals surface area contributed by atoms with Gasteiger partial charge in [0.2, 0.25) is 0 Å². The van der Waals surface area contributed by atoms with E-state index in [-0.39, 0.29) is 12.2 Å². The SMILES string of the molecule is Cc1ccccc1CSc1cc(N2CC(C)OC(C)C2)ncn1. The number of anilines is 1. The highest BCUT2D eigenvalue weighted by Crippen LogP contribution is 2.26. The fourth-order valence-electron chi connectivity index (χ4n) is 2.87. The molecule has 23 heavy (non-hydrogen) atoms. The third kappa shape index (κ3) is 4.24. The van der Waals surface area contributed by atoms with Gasteiger partial charge in [0.1, 0.15) is 17.2 Å². The van der Waals surface area contributed by atoms with Crippen LogP contribution in [0.15, 0.2) is 41.7 Å². The van der Waals surface area contributed by atoms with Crippen LogP contribution < -0.4 is 4.90 Å². The van der Waals surface area contributed by atoms with Crippen LogP contribution >= 0.6 is 11.8 Å². The van der Waals surface area contributed by atoms with Gasteiger partial charge >= 0.3 is 0 Å². The molecule has 3 rings (SSSR count). The van der Waals surface area contributed by atoms with Gasteiger partial charge in [-0.15, -0.1) is 11.8 Å². The largest absolute Gasteiger partial charge is 0.372 e. The third-order valence-electron chi connectivity index (χ3n) is 4.01. The predicted octanol–water partition coefficient (Wildman–Crippen LogP) is 3.69. The van der Waals surface area contributed by atoms with Gasteiger partial charge in [-0.25, -0.2) is 9.97 Å². The molecular weight excluding hydrogens is 306 g/mol. The van der Waals surface area contributed by atoms with Gasteiger partial charge in [0.05, 0.1) is 12.2 Å². The highest BCUT2D eigenvalue weighted by atomic mass is 32.2. The van der Waals surface area contributed by atoms with Crippen LogP contribution in [0, 0.1) is 6.92 Å². The minimum atomic E-state index is 0.233. The van der Waals surface area contributed by atoms with Crippen molar-refractivity contribution >= 4 is 17.6 Å². The van der Waals surface area contributed by atoms with E-state index in [1.807, 2.05) is 0 Å². The number of rotatable bonds is 4. The summed E-state index contributed by atoms with van der Waals surface area (Å²) in [6.07, 6.45) is 2.13. The molecule has 1 aliphatic rings. The number of nitrogens with zero attached hydrogens (tertiary/aromatic N) is 3. The monoisotopic (exact) mass is 329 g/mol. The molecule has 1 saturated heterocycles. The van der Waals surface area contributed by atoms with Crippen LogP contribution in [0.4, 0.5) is 5.82 Å². The average Bonchev–Trinajstić information content (AvgIpc) is 2.53. The molecule has 0 bridgehead atoms. The van der Waals surface area contributed by atoms with Crippen molar-refractivity contribution in [1.29, 1.82) is 0 Å². The summed E-state index contributed by atoms with van der Waals surface area (Å²) in [5.74, 6) is 1.92. The number of benzene rings is 1. The van der Waals surface area contributed by atoms with Crippen molar-refractivity contribution in [1.82, 2.24) is 9.97 Å². The van der Waals surface area contributed by atoms with Crippen molar-refractivity contribution < 1.29 is 4.74 Å². The van der Waals surface area contributed by atoms with Gasteiger partial charge in [0, 0.05) is 24.9 Å². The van der Waals surface area contributed by atoms with Crippen LogP contribution in [0.3, 0.4) is 0 Å². The van der Waals surface area contributed by atoms with Crippen LogP contribution in [0.5, 0.6) is 0 Å². The normalized spacial score (nSPS) is 21.4. The Morgan fingerprint density at radius 3 is 2.65 bits per heavy atom. The van der Waals surface area contributed by atoms with Crippen LogP contribution in [-0.4, -0.2) is 35.3 Å². The summed E-state index contributed by atoms with van der Waals surface area (Å²) in [7, 11) is 0. The standard InChI is InChI=1S/C18H23N3OS/c1-13-6-4-5-7-16(13)11-23-18-8-17(19-12-20-18)21-9-14(2)22-15(3)10-21/h4-8,12,14-15H,9-11H2,1-3H3. The molecule has 0 aliphatic carbocycles. The Morgan fingerprint density at radius 2 is 1.91 bits per heavy atom. The number of hydrogen-bond acceptors (Lipinski definition) is 5. The Bertz CT molecular complexity index is 654. The molecule has 1 aliphatic heterocycles. The lowest BCUT2D eigenvalue weighted by atomic mass is 10.1. The highest BCUT2D eigenvalue weighted by Gasteiger charge is 2.23. The van der Waals surface area contributed by atoms with Crippen molar-refractivity contribution in [3.63, 3.8) is 0 Å². The van der Waals surface area contributed by atoms with Crippen LogP contribution in [0.25, 0.3) is 0 Å². The zero-order chi connectivity index (χ0) is 16.2.